The summed E-state index contributed by atoms with van der Waals surface area (Å²) in [5.74, 6) is 1.29. The lowest BCUT2D eigenvalue weighted by Gasteiger charge is -2.09. The molecule has 0 amide bonds. The van der Waals surface area contributed by atoms with E-state index in [2.05, 4.69) is 43.1 Å². The molecule has 0 aliphatic rings. The Morgan fingerprint density at radius 1 is 1.14 bits per heavy atom. The molecule has 0 saturated heterocycles. The molecule has 0 radical (unpaired) electrons. The van der Waals surface area contributed by atoms with E-state index in [9.17, 15) is 0 Å². The highest BCUT2D eigenvalue weighted by Crippen LogP contribution is 2.29. The van der Waals surface area contributed by atoms with Crippen LogP contribution >= 0.6 is 0 Å². The number of fused-ring (bicyclic) bond motifs is 1. The number of nitrogens with two attached hydrogens (primary N) is 1. The van der Waals surface area contributed by atoms with Crippen LogP contribution in [0, 0.1) is 6.92 Å². The Morgan fingerprint density at radius 3 is 2.48 bits per heavy atom. The summed E-state index contributed by atoms with van der Waals surface area (Å²) < 4.78 is 2.00. The van der Waals surface area contributed by atoms with Gasteiger partial charge in [-0.1, -0.05) is 44.2 Å². The first-order valence-electron chi connectivity index (χ1n) is 7.45. The highest BCUT2D eigenvalue weighted by molar-refractivity contribution is 5.75. The lowest BCUT2D eigenvalue weighted by Crippen LogP contribution is -1.97. The molecule has 2 heterocycles. The first kappa shape index (κ1) is 13.7. The molecule has 0 saturated carbocycles. The summed E-state index contributed by atoms with van der Waals surface area (Å²) >= 11 is 0. The van der Waals surface area contributed by atoms with Crippen LogP contribution in [0.15, 0.2) is 42.5 Å². The highest BCUT2D eigenvalue weighted by atomic mass is 15.1. The number of hydrogen-bond acceptors (Lipinski definition) is 2. The van der Waals surface area contributed by atoms with E-state index < -0.39 is 0 Å². The van der Waals surface area contributed by atoms with E-state index in [1.165, 1.54) is 5.56 Å². The van der Waals surface area contributed by atoms with E-state index in [1.54, 1.807) is 0 Å². The number of hydrogen-bond donors (Lipinski definition) is 1. The van der Waals surface area contributed by atoms with Gasteiger partial charge in [-0.05, 0) is 37.0 Å². The molecule has 1 unspecified atom stereocenters. The van der Waals surface area contributed by atoms with Crippen molar-refractivity contribution >= 4 is 11.5 Å². The molecule has 1 aromatic carbocycles. The summed E-state index contributed by atoms with van der Waals surface area (Å²) in [6.45, 7) is 6.50. The number of aromatic nitrogens is 2. The van der Waals surface area contributed by atoms with Crippen molar-refractivity contribution in [1.29, 1.82) is 0 Å². The van der Waals surface area contributed by atoms with Crippen LogP contribution in [-0.4, -0.2) is 9.38 Å². The summed E-state index contributed by atoms with van der Waals surface area (Å²) in [4.78, 5) is 4.68. The van der Waals surface area contributed by atoms with Crippen molar-refractivity contribution in [3.05, 3.63) is 53.7 Å². The summed E-state index contributed by atoms with van der Waals surface area (Å²) in [7, 11) is 0. The van der Waals surface area contributed by atoms with Crippen LogP contribution in [0.3, 0.4) is 0 Å². The summed E-state index contributed by atoms with van der Waals surface area (Å²) in [6.07, 6.45) is 1.15. The van der Waals surface area contributed by atoms with Crippen molar-refractivity contribution in [3.63, 3.8) is 0 Å². The van der Waals surface area contributed by atoms with Crippen molar-refractivity contribution in [2.45, 2.75) is 33.1 Å². The summed E-state index contributed by atoms with van der Waals surface area (Å²) in [5, 5.41) is 0. The second kappa shape index (κ2) is 5.24. The molecular formula is C18H21N3. The molecule has 21 heavy (non-hydrogen) atoms. The van der Waals surface area contributed by atoms with Gasteiger partial charge in [-0.2, -0.15) is 0 Å². The minimum atomic E-state index is 0.583. The number of benzene rings is 1. The molecule has 3 nitrogen and oxygen atoms in total. The Labute approximate surface area is 125 Å². The number of aryl methyl sites for hydroxylation is 1. The Morgan fingerprint density at radius 2 is 1.86 bits per heavy atom. The normalized spacial score (nSPS) is 12.7. The minimum absolute atomic E-state index is 0.583. The number of nitrogens with zero attached hydrogens (tertiary/aromatic N) is 2. The van der Waals surface area contributed by atoms with Gasteiger partial charge in [-0.3, -0.25) is 4.40 Å². The molecule has 0 aliphatic heterocycles. The fourth-order valence-corrected chi connectivity index (χ4v) is 2.70. The lowest BCUT2D eigenvalue weighted by molar-refractivity contribution is 0.734. The molecule has 0 fully saturated rings. The molecule has 2 N–H and O–H groups in total. The Balaban J connectivity index is 2.08. The second-order valence-electron chi connectivity index (χ2n) is 5.64. The topological polar surface area (TPSA) is 43.3 Å². The van der Waals surface area contributed by atoms with E-state index >= 15 is 0 Å². The van der Waals surface area contributed by atoms with Crippen molar-refractivity contribution < 1.29 is 0 Å². The van der Waals surface area contributed by atoms with E-state index in [0.717, 1.165) is 29.0 Å². The van der Waals surface area contributed by atoms with Crippen LogP contribution in [0.4, 0.5) is 5.82 Å². The van der Waals surface area contributed by atoms with Crippen molar-refractivity contribution in [2.24, 2.45) is 0 Å². The van der Waals surface area contributed by atoms with Gasteiger partial charge in [-0.25, -0.2) is 4.98 Å². The van der Waals surface area contributed by atoms with Crippen LogP contribution < -0.4 is 5.73 Å². The number of pyridine rings is 1. The van der Waals surface area contributed by atoms with Crippen molar-refractivity contribution in [2.75, 3.05) is 5.73 Å². The SMILES string of the molecule is CCC(C)c1ccc(-c2nc3cccc(C)n3c2N)cc1. The van der Waals surface area contributed by atoms with Gasteiger partial charge in [0.1, 0.15) is 17.2 Å². The zero-order valence-electron chi connectivity index (χ0n) is 12.8. The number of rotatable bonds is 3. The largest absolute Gasteiger partial charge is 0.383 e. The van der Waals surface area contributed by atoms with Crippen LogP contribution in [-0.2, 0) is 0 Å². The third kappa shape index (κ3) is 2.29. The van der Waals surface area contributed by atoms with Gasteiger partial charge in [0.05, 0.1) is 0 Å². The summed E-state index contributed by atoms with van der Waals surface area (Å²) in [5.41, 5.74) is 11.6. The van der Waals surface area contributed by atoms with Gasteiger partial charge >= 0.3 is 0 Å². The molecule has 3 heteroatoms. The van der Waals surface area contributed by atoms with E-state index in [0.29, 0.717) is 11.7 Å². The molecule has 3 aromatic rings. The average Bonchev–Trinajstić information content (AvgIpc) is 2.85. The number of imidazole rings is 1. The molecule has 1 atom stereocenters. The van der Waals surface area contributed by atoms with Crippen molar-refractivity contribution in [3.8, 4) is 11.3 Å². The standard InChI is InChI=1S/C18H21N3/c1-4-12(2)14-8-10-15(11-9-14)17-18(19)21-13(3)6-5-7-16(21)20-17/h5-12H,4,19H2,1-3H3. The first-order valence-corrected chi connectivity index (χ1v) is 7.45. The van der Waals surface area contributed by atoms with E-state index in [-0.39, 0.29) is 0 Å². The molecule has 2 aromatic heterocycles. The Hall–Kier alpha value is -2.29. The number of anilines is 1. The van der Waals surface area contributed by atoms with Gasteiger partial charge in [0, 0.05) is 11.3 Å². The zero-order chi connectivity index (χ0) is 15.0. The third-order valence-electron chi connectivity index (χ3n) is 4.24. The molecule has 3 rings (SSSR count). The van der Waals surface area contributed by atoms with Crippen LogP contribution in [0.5, 0.6) is 0 Å². The second-order valence-corrected chi connectivity index (χ2v) is 5.64. The van der Waals surface area contributed by atoms with Crippen LogP contribution in [0.25, 0.3) is 16.9 Å². The molecular weight excluding hydrogens is 258 g/mol. The minimum Gasteiger partial charge on any atom is -0.383 e. The van der Waals surface area contributed by atoms with Gasteiger partial charge in [0.15, 0.2) is 0 Å². The lowest BCUT2D eigenvalue weighted by atomic mass is 9.97. The van der Waals surface area contributed by atoms with Gasteiger partial charge in [-0.15, -0.1) is 0 Å². The molecule has 0 aliphatic carbocycles. The zero-order valence-corrected chi connectivity index (χ0v) is 12.8. The van der Waals surface area contributed by atoms with Crippen LogP contribution in [0.1, 0.15) is 37.4 Å². The maximum atomic E-state index is 6.30. The molecule has 0 spiro atoms. The van der Waals surface area contributed by atoms with Gasteiger partial charge < -0.3 is 5.73 Å². The fourth-order valence-electron chi connectivity index (χ4n) is 2.70. The molecule has 108 valence electrons. The number of nitrogen functional groups attached to an aromatic ring is 1. The first-order chi connectivity index (χ1) is 10.1. The predicted octanol–water partition coefficient (Wildman–Crippen LogP) is 4.41. The Bertz CT molecular complexity index is 769. The average molecular weight is 279 g/mol. The van der Waals surface area contributed by atoms with E-state index in [1.807, 2.05) is 29.5 Å². The van der Waals surface area contributed by atoms with Gasteiger partial charge in [0.2, 0.25) is 0 Å². The maximum Gasteiger partial charge on any atom is 0.139 e. The quantitative estimate of drug-likeness (QED) is 0.772. The van der Waals surface area contributed by atoms with Crippen LogP contribution in [0.2, 0.25) is 0 Å². The predicted molar refractivity (Wildman–Crippen MR) is 88.5 cm³/mol. The Kier molecular flexibility index (Phi) is 3.42. The smallest absolute Gasteiger partial charge is 0.139 e. The highest BCUT2D eigenvalue weighted by Gasteiger charge is 2.12. The monoisotopic (exact) mass is 279 g/mol. The summed E-state index contributed by atoms with van der Waals surface area (Å²) in [6, 6.07) is 14.6. The van der Waals surface area contributed by atoms with Crippen molar-refractivity contribution in [1.82, 2.24) is 9.38 Å². The molecule has 0 bridgehead atoms. The third-order valence-corrected chi connectivity index (χ3v) is 4.24. The van der Waals surface area contributed by atoms with Gasteiger partial charge in [0.25, 0.3) is 0 Å². The fraction of sp³-hybridized carbons (Fsp3) is 0.278. The maximum absolute atomic E-state index is 6.30. The van der Waals surface area contributed by atoms with E-state index in [4.69, 9.17) is 5.73 Å².